The van der Waals surface area contributed by atoms with Crippen molar-refractivity contribution in [1.82, 2.24) is 0 Å². The van der Waals surface area contributed by atoms with Crippen molar-refractivity contribution in [2.45, 2.75) is 13.3 Å². The molecule has 0 aliphatic carbocycles. The molecule has 0 unspecified atom stereocenters. The van der Waals surface area contributed by atoms with E-state index in [2.05, 4.69) is 4.74 Å². The van der Waals surface area contributed by atoms with Gasteiger partial charge in [0.2, 0.25) is 0 Å². The number of carbonyl (C=O) groups excluding carboxylic acids is 1. The molecule has 3 heteroatoms. The zero-order chi connectivity index (χ0) is 9.84. The maximum absolute atomic E-state index is 12.7. The Labute approximate surface area is 76.3 Å². The number of rotatable bonds is 2. The van der Waals surface area contributed by atoms with Gasteiger partial charge >= 0.3 is 5.97 Å². The number of benzene rings is 1. The molecule has 0 aromatic heterocycles. The lowest BCUT2D eigenvalue weighted by Gasteiger charge is -2.03. The minimum atomic E-state index is -0.353. The third kappa shape index (κ3) is 2.54. The highest BCUT2D eigenvalue weighted by atomic mass is 19.1. The first kappa shape index (κ1) is 9.71. The van der Waals surface area contributed by atoms with E-state index in [1.165, 1.54) is 19.2 Å². The van der Waals surface area contributed by atoms with Crippen LogP contribution in [0.2, 0.25) is 0 Å². The Kier molecular flexibility index (Phi) is 3.01. The van der Waals surface area contributed by atoms with Crippen LogP contribution in [0.25, 0.3) is 0 Å². The van der Waals surface area contributed by atoms with E-state index in [0.29, 0.717) is 5.56 Å². The molecule has 2 nitrogen and oxygen atoms in total. The maximum Gasteiger partial charge on any atom is 0.309 e. The van der Waals surface area contributed by atoms with Gasteiger partial charge in [-0.25, -0.2) is 4.39 Å². The van der Waals surface area contributed by atoms with Crippen LogP contribution >= 0.6 is 0 Å². The molecule has 0 aliphatic rings. The summed E-state index contributed by atoms with van der Waals surface area (Å²) in [7, 11) is 1.32. The van der Waals surface area contributed by atoms with Crippen LogP contribution in [0, 0.1) is 12.7 Å². The lowest BCUT2D eigenvalue weighted by atomic mass is 10.1. The van der Waals surface area contributed by atoms with E-state index in [-0.39, 0.29) is 18.2 Å². The average Bonchev–Trinajstić information content (AvgIpc) is 2.11. The van der Waals surface area contributed by atoms with Crippen molar-refractivity contribution in [3.63, 3.8) is 0 Å². The summed E-state index contributed by atoms with van der Waals surface area (Å²) >= 11 is 0. The highest BCUT2D eigenvalue weighted by molar-refractivity contribution is 5.72. The van der Waals surface area contributed by atoms with Crippen molar-refractivity contribution in [3.05, 3.63) is 35.1 Å². The number of ether oxygens (including phenoxy) is 1. The first-order chi connectivity index (χ1) is 6.13. The quantitative estimate of drug-likeness (QED) is 0.652. The molecular weight excluding hydrogens is 171 g/mol. The van der Waals surface area contributed by atoms with Gasteiger partial charge in [-0.2, -0.15) is 0 Å². The van der Waals surface area contributed by atoms with Crippen LogP contribution in [0.4, 0.5) is 4.39 Å². The Morgan fingerprint density at radius 1 is 1.54 bits per heavy atom. The fraction of sp³-hybridized carbons (Fsp3) is 0.300. The monoisotopic (exact) mass is 182 g/mol. The molecule has 1 rings (SSSR count). The molecule has 0 saturated heterocycles. The van der Waals surface area contributed by atoms with Crippen LogP contribution in [0.15, 0.2) is 18.2 Å². The topological polar surface area (TPSA) is 26.3 Å². The standard InChI is InChI=1S/C10H11FO2/c1-7-3-4-9(11)5-8(7)6-10(12)13-2/h3-5H,6H2,1-2H3. The number of halogens is 1. The molecule has 0 bridgehead atoms. The molecule has 13 heavy (non-hydrogen) atoms. The van der Waals surface area contributed by atoms with Gasteiger partial charge in [0.05, 0.1) is 13.5 Å². The second-order valence-electron chi connectivity index (χ2n) is 2.82. The predicted molar refractivity (Wildman–Crippen MR) is 46.9 cm³/mol. The summed E-state index contributed by atoms with van der Waals surface area (Å²) < 4.78 is 17.2. The summed E-state index contributed by atoms with van der Waals surface area (Å²) in [5.41, 5.74) is 1.57. The van der Waals surface area contributed by atoms with Crippen molar-refractivity contribution in [2.75, 3.05) is 7.11 Å². The highest BCUT2D eigenvalue weighted by Crippen LogP contribution is 2.11. The molecule has 0 spiro atoms. The van der Waals surface area contributed by atoms with E-state index in [9.17, 15) is 9.18 Å². The van der Waals surface area contributed by atoms with Crippen LogP contribution in [0.5, 0.6) is 0 Å². The first-order valence-corrected chi connectivity index (χ1v) is 3.95. The van der Waals surface area contributed by atoms with Crippen molar-refractivity contribution in [3.8, 4) is 0 Å². The number of esters is 1. The Morgan fingerprint density at radius 2 is 2.23 bits per heavy atom. The summed E-state index contributed by atoms with van der Waals surface area (Å²) in [5, 5.41) is 0. The van der Waals surface area contributed by atoms with Gasteiger partial charge in [0.15, 0.2) is 0 Å². The lowest BCUT2D eigenvalue weighted by molar-refractivity contribution is -0.139. The summed E-state index contributed by atoms with van der Waals surface area (Å²) in [6.45, 7) is 1.83. The SMILES string of the molecule is COC(=O)Cc1cc(F)ccc1C. The summed E-state index contributed by atoms with van der Waals surface area (Å²) in [6, 6.07) is 4.37. The van der Waals surface area contributed by atoms with E-state index in [1.54, 1.807) is 6.07 Å². The molecule has 0 amide bonds. The number of hydrogen-bond acceptors (Lipinski definition) is 2. The van der Waals surface area contributed by atoms with Crippen molar-refractivity contribution in [1.29, 1.82) is 0 Å². The minimum Gasteiger partial charge on any atom is -0.469 e. The summed E-state index contributed by atoms with van der Waals surface area (Å²) in [5.74, 6) is -0.682. The van der Waals surface area contributed by atoms with Crippen LogP contribution in [-0.2, 0) is 16.0 Å². The van der Waals surface area contributed by atoms with E-state index in [1.807, 2.05) is 6.92 Å². The van der Waals surface area contributed by atoms with E-state index >= 15 is 0 Å². The summed E-state index contributed by atoms with van der Waals surface area (Å²) in [6.07, 6.45) is 0.125. The molecule has 0 aliphatic heterocycles. The van der Waals surface area contributed by atoms with Crippen LogP contribution in [0.1, 0.15) is 11.1 Å². The Hall–Kier alpha value is -1.38. The number of methoxy groups -OCH3 is 1. The number of carbonyl (C=O) groups is 1. The fourth-order valence-electron chi connectivity index (χ4n) is 1.06. The van der Waals surface area contributed by atoms with E-state index in [0.717, 1.165) is 5.56 Å². The lowest BCUT2D eigenvalue weighted by Crippen LogP contribution is -2.05. The van der Waals surface area contributed by atoms with Crippen LogP contribution in [-0.4, -0.2) is 13.1 Å². The molecular formula is C10H11FO2. The van der Waals surface area contributed by atoms with Crippen molar-refractivity contribution in [2.24, 2.45) is 0 Å². The van der Waals surface area contributed by atoms with Gasteiger partial charge in [0, 0.05) is 0 Å². The van der Waals surface area contributed by atoms with Gasteiger partial charge in [0.1, 0.15) is 5.82 Å². The van der Waals surface area contributed by atoms with Gasteiger partial charge in [-0.05, 0) is 30.2 Å². The minimum absolute atomic E-state index is 0.125. The fourth-order valence-corrected chi connectivity index (χ4v) is 1.06. The Morgan fingerprint density at radius 3 is 2.85 bits per heavy atom. The normalized spacial score (nSPS) is 9.77. The largest absolute Gasteiger partial charge is 0.469 e. The van der Waals surface area contributed by atoms with Crippen LogP contribution in [0.3, 0.4) is 0 Å². The molecule has 0 atom stereocenters. The number of hydrogen-bond donors (Lipinski definition) is 0. The molecule has 1 aromatic carbocycles. The first-order valence-electron chi connectivity index (χ1n) is 3.95. The van der Waals surface area contributed by atoms with Gasteiger partial charge in [-0.3, -0.25) is 4.79 Å². The van der Waals surface area contributed by atoms with Gasteiger partial charge in [-0.15, -0.1) is 0 Å². The highest BCUT2D eigenvalue weighted by Gasteiger charge is 2.06. The molecule has 1 aromatic rings. The van der Waals surface area contributed by atoms with E-state index < -0.39 is 0 Å². The predicted octanol–water partition coefficient (Wildman–Crippen LogP) is 1.85. The molecule has 70 valence electrons. The second kappa shape index (κ2) is 4.03. The average molecular weight is 182 g/mol. The smallest absolute Gasteiger partial charge is 0.309 e. The molecule has 0 saturated carbocycles. The Bertz CT molecular complexity index is 321. The summed E-state index contributed by atoms with van der Waals surface area (Å²) in [4.78, 5) is 10.9. The molecule has 0 radical (unpaired) electrons. The zero-order valence-corrected chi connectivity index (χ0v) is 7.63. The second-order valence-corrected chi connectivity index (χ2v) is 2.82. The number of aryl methyl sites for hydroxylation is 1. The van der Waals surface area contributed by atoms with Gasteiger partial charge < -0.3 is 4.74 Å². The molecule has 0 N–H and O–H groups in total. The van der Waals surface area contributed by atoms with Crippen molar-refractivity contribution < 1.29 is 13.9 Å². The van der Waals surface area contributed by atoms with E-state index in [4.69, 9.17) is 0 Å². The van der Waals surface area contributed by atoms with Crippen molar-refractivity contribution >= 4 is 5.97 Å². The Balaban J connectivity index is 2.87. The maximum atomic E-state index is 12.7. The third-order valence-corrected chi connectivity index (χ3v) is 1.87. The van der Waals surface area contributed by atoms with Gasteiger partial charge in [-0.1, -0.05) is 6.07 Å². The molecule has 0 heterocycles. The molecule has 0 fully saturated rings. The van der Waals surface area contributed by atoms with Gasteiger partial charge in [0.25, 0.3) is 0 Å². The van der Waals surface area contributed by atoms with Crippen LogP contribution < -0.4 is 0 Å². The third-order valence-electron chi connectivity index (χ3n) is 1.87. The zero-order valence-electron chi connectivity index (χ0n) is 7.63.